The number of hydrogen-bond donors (Lipinski definition) is 2. The van der Waals surface area contributed by atoms with E-state index in [2.05, 4.69) is 15.5 Å². The molecule has 210 valence electrons. The van der Waals surface area contributed by atoms with Crippen LogP contribution in [0.5, 0.6) is 0 Å². The van der Waals surface area contributed by atoms with E-state index < -0.39 is 0 Å². The Kier molecular flexibility index (Phi) is 7.98. The predicted molar refractivity (Wildman–Crippen MR) is 165 cm³/mol. The first-order valence-electron chi connectivity index (χ1n) is 14.0. The van der Waals surface area contributed by atoms with Gasteiger partial charge in [0.2, 0.25) is 5.95 Å². The van der Waals surface area contributed by atoms with Crippen molar-refractivity contribution in [3.8, 4) is 11.3 Å². The normalized spacial score (nSPS) is 13.5. The van der Waals surface area contributed by atoms with E-state index in [4.69, 9.17) is 14.7 Å². The molecule has 42 heavy (non-hydrogen) atoms. The van der Waals surface area contributed by atoms with Crippen molar-refractivity contribution in [2.45, 2.75) is 6.92 Å². The number of para-hydroxylation sites is 1. The molecule has 1 aliphatic rings. The Balaban J connectivity index is 1.16. The summed E-state index contributed by atoms with van der Waals surface area (Å²) in [7, 11) is 0. The summed E-state index contributed by atoms with van der Waals surface area (Å²) in [5.41, 5.74) is 6.02. The molecule has 8 nitrogen and oxygen atoms in total. The lowest BCUT2D eigenvalue weighted by Crippen LogP contribution is -2.39. The molecule has 6 rings (SSSR count). The summed E-state index contributed by atoms with van der Waals surface area (Å²) in [5, 5.41) is 7.23. The molecular weight excluding hydrogens is 526 g/mol. The fourth-order valence-electron chi connectivity index (χ4n) is 4.96. The van der Waals surface area contributed by atoms with Crippen LogP contribution in [-0.2, 0) is 4.74 Å². The molecule has 4 aromatic carbocycles. The van der Waals surface area contributed by atoms with Gasteiger partial charge in [-0.1, -0.05) is 60.7 Å². The molecule has 2 N–H and O–H groups in total. The molecule has 0 spiro atoms. The molecule has 1 aromatic heterocycles. The summed E-state index contributed by atoms with van der Waals surface area (Å²) in [6, 6.07) is 30.5. The lowest BCUT2D eigenvalue weighted by molar-refractivity contribution is 0.0371. The van der Waals surface area contributed by atoms with Gasteiger partial charge in [0.15, 0.2) is 5.78 Å². The number of Topliss-reactive ketones (excluding diaryl/α,β-unsaturated/α-hetero) is 1. The number of carbonyl (C=O) groups excluding carboxylic acids is 2. The number of fused-ring (bicyclic) bond motifs is 1. The highest BCUT2D eigenvalue weighted by atomic mass is 16.5. The minimum Gasteiger partial charge on any atom is -0.379 e. The Morgan fingerprint density at radius 1 is 0.833 bits per heavy atom. The van der Waals surface area contributed by atoms with Gasteiger partial charge in [0.25, 0.3) is 5.91 Å². The van der Waals surface area contributed by atoms with Gasteiger partial charge in [0.1, 0.15) is 0 Å². The summed E-state index contributed by atoms with van der Waals surface area (Å²) < 4.78 is 5.37. The average Bonchev–Trinajstić information content (AvgIpc) is 3.03. The van der Waals surface area contributed by atoms with Crippen LogP contribution in [-0.4, -0.2) is 59.4 Å². The molecule has 0 radical (unpaired) electrons. The lowest BCUT2D eigenvalue weighted by Gasteiger charge is -2.25. The summed E-state index contributed by atoms with van der Waals surface area (Å²) >= 11 is 0. The maximum Gasteiger partial charge on any atom is 0.255 e. The van der Waals surface area contributed by atoms with Gasteiger partial charge in [-0.3, -0.25) is 14.5 Å². The second-order valence-electron chi connectivity index (χ2n) is 10.3. The number of ether oxygens (including phenoxy) is 1. The number of nitrogens with zero attached hydrogens (tertiary/aromatic N) is 3. The van der Waals surface area contributed by atoms with E-state index in [1.165, 1.54) is 0 Å². The predicted octanol–water partition coefficient (Wildman–Crippen LogP) is 6.12. The summed E-state index contributed by atoms with van der Waals surface area (Å²) in [5.74, 6) is 0.240. The van der Waals surface area contributed by atoms with Crippen LogP contribution >= 0.6 is 0 Å². The van der Waals surface area contributed by atoms with Crippen LogP contribution in [0.3, 0.4) is 0 Å². The molecule has 2 heterocycles. The van der Waals surface area contributed by atoms with Crippen LogP contribution in [0.15, 0.2) is 97.1 Å². The van der Waals surface area contributed by atoms with Gasteiger partial charge in [-0.2, -0.15) is 0 Å². The van der Waals surface area contributed by atoms with E-state index in [-0.39, 0.29) is 11.7 Å². The van der Waals surface area contributed by atoms with Crippen molar-refractivity contribution >= 4 is 39.9 Å². The van der Waals surface area contributed by atoms with Gasteiger partial charge in [-0.25, -0.2) is 9.97 Å². The van der Waals surface area contributed by atoms with E-state index >= 15 is 0 Å². The molecule has 8 heteroatoms. The Bertz CT molecular complexity index is 1730. The topological polar surface area (TPSA) is 96.5 Å². The first-order valence-corrected chi connectivity index (χ1v) is 14.0. The number of aromatic nitrogens is 2. The van der Waals surface area contributed by atoms with Crippen LogP contribution in [0.1, 0.15) is 26.3 Å². The summed E-state index contributed by atoms with van der Waals surface area (Å²) in [4.78, 5) is 37.6. The van der Waals surface area contributed by atoms with Crippen molar-refractivity contribution in [2.24, 2.45) is 0 Å². The molecule has 1 fully saturated rings. The first-order chi connectivity index (χ1) is 20.5. The minimum atomic E-state index is -0.254. The highest BCUT2D eigenvalue weighted by Gasteiger charge is 2.17. The molecule has 0 bridgehead atoms. The molecular formula is C34H31N5O3. The molecule has 1 aliphatic heterocycles. The quantitative estimate of drug-likeness (QED) is 0.222. The van der Waals surface area contributed by atoms with Crippen molar-refractivity contribution in [1.29, 1.82) is 0 Å². The molecule has 0 atom stereocenters. The molecule has 0 aliphatic carbocycles. The Morgan fingerprint density at radius 2 is 1.55 bits per heavy atom. The number of rotatable bonds is 8. The number of ketones is 1. The third-order valence-corrected chi connectivity index (χ3v) is 7.33. The van der Waals surface area contributed by atoms with E-state index in [9.17, 15) is 9.59 Å². The highest BCUT2D eigenvalue weighted by molar-refractivity contribution is 6.06. The molecule has 0 saturated carbocycles. The van der Waals surface area contributed by atoms with Gasteiger partial charge in [-0.05, 0) is 48.9 Å². The van der Waals surface area contributed by atoms with Crippen LogP contribution in [0.4, 0.5) is 17.3 Å². The smallest absolute Gasteiger partial charge is 0.255 e. The van der Waals surface area contributed by atoms with Crippen molar-refractivity contribution < 1.29 is 14.3 Å². The van der Waals surface area contributed by atoms with Crippen molar-refractivity contribution in [1.82, 2.24) is 14.9 Å². The zero-order valence-corrected chi connectivity index (χ0v) is 23.3. The minimum absolute atomic E-state index is 0.0224. The molecule has 0 unspecified atom stereocenters. The summed E-state index contributed by atoms with van der Waals surface area (Å²) in [6.45, 7) is 5.01. The largest absolute Gasteiger partial charge is 0.379 e. The van der Waals surface area contributed by atoms with Crippen LogP contribution in [0, 0.1) is 6.92 Å². The van der Waals surface area contributed by atoms with Crippen molar-refractivity contribution in [3.05, 3.63) is 114 Å². The van der Waals surface area contributed by atoms with Gasteiger partial charge in [0.05, 0.1) is 31.0 Å². The Labute approximate surface area is 244 Å². The summed E-state index contributed by atoms with van der Waals surface area (Å²) in [6.07, 6.45) is 0. The number of hydrogen-bond acceptors (Lipinski definition) is 7. The zero-order chi connectivity index (χ0) is 28.9. The number of amides is 1. The van der Waals surface area contributed by atoms with E-state index in [1.807, 2.05) is 85.8 Å². The van der Waals surface area contributed by atoms with Gasteiger partial charge in [0, 0.05) is 46.5 Å². The Hall–Kier alpha value is -4.92. The van der Waals surface area contributed by atoms with Crippen molar-refractivity contribution in [2.75, 3.05) is 43.5 Å². The molecule has 1 amide bonds. The second-order valence-corrected chi connectivity index (χ2v) is 10.3. The van der Waals surface area contributed by atoms with E-state index in [0.717, 1.165) is 46.5 Å². The number of benzene rings is 4. The molecule has 5 aromatic rings. The number of morpholine rings is 1. The lowest BCUT2D eigenvalue weighted by atomic mass is 10.1. The second kappa shape index (κ2) is 12.3. The van der Waals surface area contributed by atoms with Gasteiger partial charge < -0.3 is 15.4 Å². The van der Waals surface area contributed by atoms with Crippen molar-refractivity contribution in [3.63, 3.8) is 0 Å². The fourth-order valence-corrected chi connectivity index (χ4v) is 4.96. The monoisotopic (exact) mass is 557 g/mol. The maximum absolute atomic E-state index is 13.1. The number of aryl methyl sites for hydroxylation is 1. The third kappa shape index (κ3) is 6.20. The standard InChI is InChI=1S/C34H31N5O3/c1-23-11-12-26(31(40)22-39-17-19-42-20-18-39)21-30(23)36-33(41)25-13-15-27(16-14-25)35-34-37-29-10-6-5-9-28(29)32(38-34)24-7-3-2-4-8-24/h2-16,21H,17-20,22H2,1H3,(H,36,41)(H,35,37,38). The molecule has 1 saturated heterocycles. The van der Waals surface area contributed by atoms with Gasteiger partial charge in [-0.15, -0.1) is 0 Å². The number of nitrogens with one attached hydrogen (secondary N) is 2. The van der Waals surface area contributed by atoms with E-state index in [0.29, 0.717) is 42.5 Å². The van der Waals surface area contributed by atoms with Crippen LogP contribution < -0.4 is 10.6 Å². The maximum atomic E-state index is 13.1. The zero-order valence-electron chi connectivity index (χ0n) is 23.3. The fraction of sp³-hybridized carbons (Fsp3) is 0.176. The first kappa shape index (κ1) is 27.3. The Morgan fingerprint density at radius 3 is 2.33 bits per heavy atom. The average molecular weight is 558 g/mol. The highest BCUT2D eigenvalue weighted by Crippen LogP contribution is 2.28. The number of anilines is 3. The van der Waals surface area contributed by atoms with E-state index in [1.54, 1.807) is 18.2 Å². The SMILES string of the molecule is Cc1ccc(C(=O)CN2CCOCC2)cc1NC(=O)c1ccc(Nc2nc(-c3ccccc3)c3ccccc3n2)cc1. The number of carbonyl (C=O) groups is 2. The van der Waals surface area contributed by atoms with Crippen LogP contribution in [0.25, 0.3) is 22.2 Å². The van der Waals surface area contributed by atoms with Gasteiger partial charge >= 0.3 is 0 Å². The van der Waals surface area contributed by atoms with Crippen LogP contribution in [0.2, 0.25) is 0 Å². The third-order valence-electron chi connectivity index (χ3n) is 7.33.